The van der Waals surface area contributed by atoms with Crippen LogP contribution in [0.25, 0.3) is 98.8 Å². The predicted molar refractivity (Wildman–Crippen MR) is 211 cm³/mol. The molecule has 1 nitrogen and oxygen atoms in total. The van der Waals surface area contributed by atoms with Crippen LogP contribution in [0.4, 0.5) is 0 Å². The molecule has 0 amide bonds. The minimum absolute atomic E-state index is 0.351. The second kappa shape index (κ2) is 10.5. The van der Waals surface area contributed by atoms with E-state index in [0.29, 0.717) is 0 Å². The lowest BCUT2D eigenvalue weighted by atomic mass is 9.85. The minimum Gasteiger partial charge on any atom is -0.455 e. The fraction of sp³-hybridized carbons (Fsp3) is 0.0204. The zero-order valence-electron chi connectivity index (χ0n) is 54.0. The number of benzene rings is 9. The van der Waals surface area contributed by atoms with Gasteiger partial charge in [0.1, 0.15) is 11.2 Å². The summed E-state index contributed by atoms with van der Waals surface area (Å²) < 4.78 is 269. The highest BCUT2D eigenvalue weighted by molar-refractivity contribution is 6.23. The molecule has 10 aromatic rings. The van der Waals surface area contributed by atoms with Crippen molar-refractivity contribution < 1.29 is 44.2 Å². The van der Waals surface area contributed by atoms with Crippen LogP contribution in [0.1, 0.15) is 50.9 Å². The molecule has 1 heteroatoms. The molecular weight excluding hydrogens is 605 g/mol. The smallest absolute Gasteiger partial charge is 0.143 e. The van der Waals surface area contributed by atoms with Gasteiger partial charge in [0, 0.05) is 18.9 Å². The van der Waals surface area contributed by atoms with Crippen LogP contribution in [-0.2, 0) is 6.37 Å². The maximum atomic E-state index is 9.90. The number of hydrogen-bond acceptors (Lipinski definition) is 1. The van der Waals surface area contributed by atoms with Crippen molar-refractivity contribution in [3.05, 3.63) is 180 Å². The lowest BCUT2D eigenvalue weighted by Gasteiger charge is -2.18. The second-order valence-corrected chi connectivity index (χ2v) is 11.2. The highest BCUT2D eigenvalue weighted by atomic mass is 16.3. The summed E-state index contributed by atoms with van der Waals surface area (Å²) in [6.45, 7) is 0. The van der Waals surface area contributed by atoms with Crippen molar-refractivity contribution in [2.45, 2.75) is 6.37 Å². The van der Waals surface area contributed by atoms with E-state index in [1.54, 1.807) is 0 Å². The molecule has 50 heavy (non-hydrogen) atoms. The van der Waals surface area contributed by atoms with Gasteiger partial charge >= 0.3 is 0 Å². The van der Waals surface area contributed by atoms with E-state index in [9.17, 15) is 16.4 Å². The summed E-state index contributed by atoms with van der Waals surface area (Å²) in [5.41, 5.74) is -7.49. The van der Waals surface area contributed by atoms with Crippen molar-refractivity contribution in [3.8, 4) is 44.5 Å². The molecule has 0 fully saturated rings. The molecule has 0 saturated carbocycles. The first-order chi connectivity index (χ1) is 36.8. The van der Waals surface area contributed by atoms with Gasteiger partial charge in [-0.15, -0.1) is 0 Å². The number of rotatable bonds is 3. The SMILES string of the molecule is [2H]c1c(-c2c([2H])c([2H])c([2H])c(-c3c4c([2H])c([2H])c([2H])c([2H])c4c(-c4c([2H])c([2H])c5oc6c7c([2H])c([2H])c([2H])c([2H])c7c([2H])c([2H])c6c5c4[2H])c4c([2H])c([2H])c([2H])c([2H])c34)c2[2H])cc2c(c1[2H])C([2H])([2H])c1c([2H])c([2H])c([2H])c([2H])c1-2. The summed E-state index contributed by atoms with van der Waals surface area (Å²) in [5, 5.41) is -4.89. The Balaban J connectivity index is 1.35. The molecule has 1 aromatic heterocycles. The molecular formula is C49H30O. The Morgan fingerprint density at radius 1 is 0.420 bits per heavy atom. The Morgan fingerprint density at radius 2 is 1.04 bits per heavy atom. The number of furan rings is 1. The zero-order valence-corrected chi connectivity index (χ0v) is 25.0. The van der Waals surface area contributed by atoms with Gasteiger partial charge in [-0.3, -0.25) is 0 Å². The molecule has 9 aromatic carbocycles. The van der Waals surface area contributed by atoms with Crippen LogP contribution in [-0.4, -0.2) is 0 Å². The van der Waals surface area contributed by atoms with Crippen LogP contribution < -0.4 is 0 Å². The van der Waals surface area contributed by atoms with Crippen LogP contribution >= 0.6 is 0 Å². The van der Waals surface area contributed by atoms with Gasteiger partial charge in [-0.2, -0.15) is 0 Å². The normalized spacial score (nSPS) is 21.5. The summed E-state index contributed by atoms with van der Waals surface area (Å²) in [7, 11) is 0. The van der Waals surface area contributed by atoms with Crippen molar-refractivity contribution in [1.29, 1.82) is 0 Å². The first kappa shape index (κ1) is 11.6. The van der Waals surface area contributed by atoms with E-state index >= 15 is 0 Å². The van der Waals surface area contributed by atoms with E-state index in [0.717, 1.165) is 6.07 Å². The van der Waals surface area contributed by atoms with Crippen LogP contribution in [0.3, 0.4) is 0 Å². The summed E-state index contributed by atoms with van der Waals surface area (Å²) in [6, 6.07) is -23.4. The number of fused-ring (bicyclic) bond motifs is 10. The van der Waals surface area contributed by atoms with Crippen LogP contribution in [0.2, 0.25) is 0 Å². The third kappa shape index (κ3) is 4.01. The maximum absolute atomic E-state index is 9.90. The highest BCUT2D eigenvalue weighted by Gasteiger charge is 2.20. The van der Waals surface area contributed by atoms with Gasteiger partial charge < -0.3 is 4.42 Å². The summed E-state index contributed by atoms with van der Waals surface area (Å²) in [5.74, 6) is 0. The Labute approximate surface area is 330 Å². The lowest BCUT2D eigenvalue weighted by Crippen LogP contribution is -1.91. The average molecular weight is 664 g/mol. The summed E-state index contributed by atoms with van der Waals surface area (Å²) in [4.78, 5) is 0. The molecule has 0 saturated heterocycles. The standard InChI is InChI=1S/C49H30O/c1-4-15-38-30(10-1)22-24-43-45-29-36(23-25-46(45)50-49(38)43)48-41-18-7-5-16-39(41)47(40-17-6-8-19-42(40)48)35-13-9-12-31(26-35)32-20-21-34-27-33-11-2-3-14-37(33)44(34)28-32/h1-26,28-29H,27H2/i1D,2D,3D,4D,5D,6D,7D,8D,9D,10D,11D,12D,13D,14D,15D,16D,17D,18D,19D,20D,21D,22D,23D,24D,25D,26D,27D2,29D. The van der Waals surface area contributed by atoms with E-state index in [1.165, 1.54) is 0 Å². The Morgan fingerprint density at radius 3 is 1.82 bits per heavy atom. The van der Waals surface area contributed by atoms with Gasteiger partial charge in [-0.1, -0.05) is 139 Å². The average Bonchev–Trinajstić information content (AvgIpc) is 3.07. The molecule has 0 N–H and O–H groups in total. The molecule has 0 bridgehead atoms. The van der Waals surface area contributed by atoms with Crippen molar-refractivity contribution >= 4 is 54.3 Å². The van der Waals surface area contributed by atoms with Crippen LogP contribution in [0.5, 0.6) is 0 Å². The first-order valence-corrected chi connectivity index (χ1v) is 15.0. The summed E-state index contributed by atoms with van der Waals surface area (Å²) in [6.07, 6.45) is -2.81. The van der Waals surface area contributed by atoms with Gasteiger partial charge in [0.15, 0.2) is 0 Å². The first-order valence-electron chi connectivity index (χ1n) is 29.5. The molecule has 232 valence electrons. The van der Waals surface area contributed by atoms with Crippen molar-refractivity contribution in [3.63, 3.8) is 0 Å². The van der Waals surface area contributed by atoms with E-state index in [1.807, 2.05) is 0 Å². The molecule has 0 spiro atoms. The molecule has 0 aliphatic heterocycles. The van der Waals surface area contributed by atoms with Gasteiger partial charge in [-0.05, 0) is 119 Å². The quantitative estimate of drug-likeness (QED) is 0.171. The van der Waals surface area contributed by atoms with Crippen LogP contribution in [0.15, 0.2) is 174 Å². The molecule has 11 rings (SSSR count). The molecule has 1 aliphatic carbocycles. The van der Waals surface area contributed by atoms with E-state index in [2.05, 4.69) is 0 Å². The van der Waals surface area contributed by atoms with E-state index in [4.69, 9.17) is 27.7 Å². The van der Waals surface area contributed by atoms with Gasteiger partial charge in [0.05, 0.1) is 37.0 Å². The molecule has 0 unspecified atom stereocenters. The van der Waals surface area contributed by atoms with Crippen molar-refractivity contribution in [2.24, 2.45) is 0 Å². The Hall–Kier alpha value is -6.44. The largest absolute Gasteiger partial charge is 0.455 e. The van der Waals surface area contributed by atoms with Crippen molar-refractivity contribution in [2.75, 3.05) is 0 Å². The summed E-state index contributed by atoms with van der Waals surface area (Å²) >= 11 is 0. The van der Waals surface area contributed by atoms with Crippen molar-refractivity contribution in [1.82, 2.24) is 0 Å². The fourth-order valence-corrected chi connectivity index (χ4v) is 6.38. The number of hydrogen-bond donors (Lipinski definition) is 0. The van der Waals surface area contributed by atoms with E-state index in [-0.39, 0.29) is 5.56 Å². The minimum atomic E-state index is -2.81. The highest BCUT2D eigenvalue weighted by Crippen LogP contribution is 2.46. The van der Waals surface area contributed by atoms with Gasteiger partial charge in [0.2, 0.25) is 0 Å². The third-order valence-electron chi connectivity index (χ3n) is 8.54. The Kier molecular flexibility index (Phi) is 2.44. The van der Waals surface area contributed by atoms with E-state index < -0.39 is 274 Å². The zero-order chi connectivity index (χ0) is 58.0. The molecule has 0 atom stereocenters. The van der Waals surface area contributed by atoms with Gasteiger partial charge in [0.25, 0.3) is 0 Å². The lowest BCUT2D eigenvalue weighted by molar-refractivity contribution is 0.672. The topological polar surface area (TPSA) is 13.1 Å². The van der Waals surface area contributed by atoms with Gasteiger partial charge in [-0.25, -0.2) is 0 Å². The fourth-order valence-electron chi connectivity index (χ4n) is 6.38. The monoisotopic (exact) mass is 663 g/mol. The molecule has 0 radical (unpaired) electrons. The second-order valence-electron chi connectivity index (χ2n) is 11.2. The maximum Gasteiger partial charge on any atom is 0.143 e. The van der Waals surface area contributed by atoms with Crippen LogP contribution in [0, 0.1) is 0 Å². The Bertz CT molecular complexity index is 4570. The predicted octanol–water partition coefficient (Wildman–Crippen LogP) is 13.6. The molecule has 1 heterocycles. The molecule has 1 aliphatic rings. The third-order valence-corrected chi connectivity index (χ3v) is 8.54.